The standard InChI is InChI=1S/C18H12BrN3O2S/c1-24-14-7-5-12(6-8-14)16-20-18-22(21-16)17(23)15(25-18)10-11-3-2-4-13(19)9-11/h2-10H,1H3/b15-10-. The van der Waals surface area contributed by atoms with Gasteiger partial charge in [0.05, 0.1) is 11.6 Å². The molecule has 5 nitrogen and oxygen atoms in total. The van der Waals surface area contributed by atoms with E-state index >= 15 is 0 Å². The van der Waals surface area contributed by atoms with Crippen molar-refractivity contribution < 1.29 is 4.74 Å². The second-order valence-corrected chi connectivity index (χ2v) is 7.25. The van der Waals surface area contributed by atoms with Crippen molar-refractivity contribution in [2.45, 2.75) is 0 Å². The van der Waals surface area contributed by atoms with E-state index in [2.05, 4.69) is 26.0 Å². The van der Waals surface area contributed by atoms with E-state index in [9.17, 15) is 4.79 Å². The normalized spacial score (nSPS) is 12.0. The lowest BCUT2D eigenvalue weighted by molar-refractivity contribution is 0.415. The molecule has 2 aromatic carbocycles. The monoisotopic (exact) mass is 413 g/mol. The van der Waals surface area contributed by atoms with Crippen molar-refractivity contribution in [3.05, 3.63) is 73.5 Å². The quantitative estimate of drug-likeness (QED) is 0.517. The van der Waals surface area contributed by atoms with Crippen LogP contribution in [0.15, 0.2) is 57.8 Å². The lowest BCUT2D eigenvalue weighted by atomic mass is 10.2. The van der Waals surface area contributed by atoms with Crippen LogP contribution in [0, 0.1) is 0 Å². The molecule has 0 spiro atoms. The fourth-order valence-corrected chi connectivity index (χ4v) is 3.77. The van der Waals surface area contributed by atoms with Gasteiger partial charge in [0.15, 0.2) is 5.82 Å². The number of rotatable bonds is 3. The molecule has 0 atom stereocenters. The number of nitrogens with zero attached hydrogens (tertiary/aromatic N) is 3. The number of ether oxygens (including phenoxy) is 1. The number of methoxy groups -OCH3 is 1. The van der Waals surface area contributed by atoms with E-state index in [0.717, 1.165) is 21.3 Å². The summed E-state index contributed by atoms with van der Waals surface area (Å²) in [5.74, 6) is 1.29. The van der Waals surface area contributed by atoms with Gasteiger partial charge in [-0.15, -0.1) is 5.10 Å². The highest BCUT2D eigenvalue weighted by Crippen LogP contribution is 2.20. The Labute approximate surface area is 155 Å². The first kappa shape index (κ1) is 16.0. The van der Waals surface area contributed by atoms with Crippen molar-refractivity contribution >= 4 is 38.3 Å². The summed E-state index contributed by atoms with van der Waals surface area (Å²) in [5.41, 5.74) is 1.63. The van der Waals surface area contributed by atoms with Gasteiger partial charge in [-0.25, -0.2) is 0 Å². The second kappa shape index (κ2) is 6.42. The fourth-order valence-electron chi connectivity index (χ4n) is 2.44. The van der Waals surface area contributed by atoms with E-state index in [1.165, 1.54) is 15.9 Å². The van der Waals surface area contributed by atoms with E-state index in [-0.39, 0.29) is 5.56 Å². The smallest absolute Gasteiger partial charge is 0.291 e. The molecule has 25 heavy (non-hydrogen) atoms. The topological polar surface area (TPSA) is 56.5 Å². The van der Waals surface area contributed by atoms with E-state index in [1.54, 1.807) is 7.11 Å². The van der Waals surface area contributed by atoms with Crippen LogP contribution >= 0.6 is 27.3 Å². The summed E-state index contributed by atoms with van der Waals surface area (Å²) in [5, 5.41) is 4.35. The SMILES string of the molecule is COc1ccc(-c2nc3s/c(=C\c4cccc(Br)c4)c(=O)n3n2)cc1. The first-order valence-corrected chi connectivity index (χ1v) is 9.06. The first-order chi connectivity index (χ1) is 12.1. The van der Waals surface area contributed by atoms with Crippen molar-refractivity contribution in [3.8, 4) is 17.1 Å². The maximum absolute atomic E-state index is 12.6. The van der Waals surface area contributed by atoms with Crippen molar-refractivity contribution in [3.63, 3.8) is 0 Å². The van der Waals surface area contributed by atoms with E-state index in [1.807, 2.05) is 54.6 Å². The number of hydrogen-bond donors (Lipinski definition) is 0. The molecule has 0 unspecified atom stereocenters. The number of fused-ring (bicyclic) bond motifs is 1. The van der Waals surface area contributed by atoms with Crippen molar-refractivity contribution in [2.75, 3.05) is 7.11 Å². The van der Waals surface area contributed by atoms with E-state index in [0.29, 0.717) is 15.3 Å². The third-order valence-corrected chi connectivity index (χ3v) is 5.13. The molecular weight excluding hydrogens is 402 g/mol. The largest absolute Gasteiger partial charge is 0.497 e. The summed E-state index contributed by atoms with van der Waals surface area (Å²) in [6, 6.07) is 15.2. The molecule has 7 heteroatoms. The lowest BCUT2D eigenvalue weighted by Crippen LogP contribution is -2.23. The molecule has 2 aromatic heterocycles. The average Bonchev–Trinajstić information content (AvgIpc) is 3.15. The maximum Gasteiger partial charge on any atom is 0.291 e. The van der Waals surface area contributed by atoms with Gasteiger partial charge in [-0.3, -0.25) is 4.79 Å². The molecule has 0 aliphatic rings. The summed E-state index contributed by atoms with van der Waals surface area (Å²) in [6.45, 7) is 0. The zero-order valence-corrected chi connectivity index (χ0v) is 15.5. The molecule has 0 amide bonds. The molecule has 0 fully saturated rings. The van der Waals surface area contributed by atoms with E-state index < -0.39 is 0 Å². The van der Waals surface area contributed by atoms with Crippen LogP contribution in [0.5, 0.6) is 5.75 Å². The second-order valence-electron chi connectivity index (χ2n) is 5.33. The molecule has 0 N–H and O–H groups in total. The summed E-state index contributed by atoms with van der Waals surface area (Å²) in [6.07, 6.45) is 1.85. The minimum absolute atomic E-state index is 0.160. The number of thiazole rings is 1. The highest BCUT2D eigenvalue weighted by Gasteiger charge is 2.12. The molecule has 2 heterocycles. The molecule has 0 aliphatic carbocycles. The van der Waals surface area contributed by atoms with Crippen LogP contribution < -0.4 is 14.8 Å². The Morgan fingerprint density at radius 2 is 2.00 bits per heavy atom. The van der Waals surface area contributed by atoms with Gasteiger partial charge >= 0.3 is 0 Å². The molecule has 0 radical (unpaired) electrons. The molecular formula is C18H12BrN3O2S. The van der Waals surface area contributed by atoms with Gasteiger partial charge in [0.25, 0.3) is 5.56 Å². The Morgan fingerprint density at radius 3 is 2.68 bits per heavy atom. The van der Waals surface area contributed by atoms with Gasteiger partial charge in [-0.1, -0.05) is 39.4 Å². The summed E-state index contributed by atoms with van der Waals surface area (Å²) in [7, 11) is 1.62. The predicted molar refractivity (Wildman–Crippen MR) is 102 cm³/mol. The summed E-state index contributed by atoms with van der Waals surface area (Å²) < 4.78 is 8.08. The Hall–Kier alpha value is -2.51. The van der Waals surface area contributed by atoms with Gasteiger partial charge < -0.3 is 4.74 Å². The fraction of sp³-hybridized carbons (Fsp3) is 0.0556. The van der Waals surface area contributed by atoms with Crippen LogP contribution in [0.4, 0.5) is 0 Å². The van der Waals surface area contributed by atoms with Crippen molar-refractivity contribution in [1.29, 1.82) is 0 Å². The van der Waals surface area contributed by atoms with Crippen molar-refractivity contribution in [1.82, 2.24) is 14.6 Å². The Balaban J connectivity index is 1.77. The number of halogens is 1. The lowest BCUT2D eigenvalue weighted by Gasteiger charge is -1.99. The third-order valence-electron chi connectivity index (χ3n) is 3.68. The van der Waals surface area contributed by atoms with Crippen LogP contribution in [-0.4, -0.2) is 21.7 Å². The first-order valence-electron chi connectivity index (χ1n) is 7.45. The molecule has 4 rings (SSSR count). The zero-order valence-electron chi connectivity index (χ0n) is 13.1. The van der Waals surface area contributed by atoms with Crippen molar-refractivity contribution in [2.24, 2.45) is 0 Å². The molecule has 0 saturated heterocycles. The molecule has 0 aliphatic heterocycles. The Bertz CT molecular complexity index is 1170. The van der Waals surface area contributed by atoms with E-state index in [4.69, 9.17) is 4.74 Å². The minimum Gasteiger partial charge on any atom is -0.497 e. The highest BCUT2D eigenvalue weighted by molar-refractivity contribution is 9.10. The van der Waals surface area contributed by atoms with Gasteiger partial charge in [-0.05, 0) is 48.0 Å². The molecule has 124 valence electrons. The van der Waals surface area contributed by atoms with Gasteiger partial charge in [-0.2, -0.15) is 9.50 Å². The summed E-state index contributed by atoms with van der Waals surface area (Å²) in [4.78, 5) is 17.6. The van der Waals surface area contributed by atoms with Crippen LogP contribution in [0.3, 0.4) is 0 Å². The number of aromatic nitrogens is 3. The van der Waals surface area contributed by atoms with Crippen LogP contribution in [-0.2, 0) is 0 Å². The van der Waals surface area contributed by atoms with Crippen LogP contribution in [0.1, 0.15) is 5.56 Å². The zero-order chi connectivity index (χ0) is 17.4. The predicted octanol–water partition coefficient (Wildman–Crippen LogP) is 3.14. The van der Waals surface area contributed by atoms with Gasteiger partial charge in [0, 0.05) is 10.0 Å². The maximum atomic E-state index is 12.6. The average molecular weight is 414 g/mol. The molecule has 0 saturated carbocycles. The van der Waals surface area contributed by atoms with Gasteiger partial charge in [0.2, 0.25) is 4.96 Å². The third kappa shape index (κ3) is 3.08. The molecule has 4 aromatic rings. The molecule has 0 bridgehead atoms. The Morgan fingerprint density at radius 1 is 1.20 bits per heavy atom. The highest BCUT2D eigenvalue weighted by atomic mass is 79.9. The number of benzene rings is 2. The Kier molecular flexibility index (Phi) is 4.10. The summed E-state index contributed by atoms with van der Waals surface area (Å²) >= 11 is 4.76. The number of hydrogen-bond acceptors (Lipinski definition) is 5. The van der Waals surface area contributed by atoms with Crippen LogP contribution in [0.25, 0.3) is 22.4 Å². The van der Waals surface area contributed by atoms with Gasteiger partial charge in [0.1, 0.15) is 5.75 Å². The minimum atomic E-state index is -0.160. The van der Waals surface area contributed by atoms with Crippen LogP contribution in [0.2, 0.25) is 0 Å².